The molecule has 7 heteroatoms. The standard InChI is InChI=1S/C9H13BrN2O2S.ClH/c1-14-5-7(11)9(13)12-4-6-2-3-8(10)15-6;/h2-3,7H,4-5,11H2,1H3,(H,12,13);1H. The van der Waals surface area contributed by atoms with Crippen molar-refractivity contribution in [3.05, 3.63) is 20.8 Å². The van der Waals surface area contributed by atoms with Crippen LogP contribution in [0.1, 0.15) is 4.88 Å². The molecule has 3 N–H and O–H groups in total. The lowest BCUT2D eigenvalue weighted by atomic mass is 10.3. The number of rotatable bonds is 5. The monoisotopic (exact) mass is 328 g/mol. The van der Waals surface area contributed by atoms with E-state index in [1.165, 1.54) is 7.11 Å². The first-order chi connectivity index (χ1) is 7.13. The highest BCUT2D eigenvalue weighted by atomic mass is 79.9. The number of nitrogens with two attached hydrogens (primary N) is 1. The molecule has 1 heterocycles. The molecule has 16 heavy (non-hydrogen) atoms. The number of hydrogen-bond donors (Lipinski definition) is 2. The molecule has 0 fully saturated rings. The van der Waals surface area contributed by atoms with Crippen LogP contribution < -0.4 is 11.1 Å². The summed E-state index contributed by atoms with van der Waals surface area (Å²) in [6, 6.07) is 3.30. The minimum atomic E-state index is -0.599. The van der Waals surface area contributed by atoms with Crippen molar-refractivity contribution in [3.63, 3.8) is 0 Å². The minimum Gasteiger partial charge on any atom is -0.383 e. The van der Waals surface area contributed by atoms with Gasteiger partial charge in [-0.15, -0.1) is 23.7 Å². The van der Waals surface area contributed by atoms with Crippen LogP contribution in [0.25, 0.3) is 0 Å². The molecule has 0 saturated carbocycles. The van der Waals surface area contributed by atoms with E-state index in [0.717, 1.165) is 8.66 Å². The Bertz CT molecular complexity index is 335. The number of halogens is 2. The van der Waals surface area contributed by atoms with Crippen LogP contribution in [0.4, 0.5) is 0 Å². The molecule has 0 saturated heterocycles. The van der Waals surface area contributed by atoms with Gasteiger partial charge in [-0.3, -0.25) is 4.79 Å². The molecular weight excluding hydrogens is 316 g/mol. The van der Waals surface area contributed by atoms with Crippen molar-refractivity contribution in [3.8, 4) is 0 Å². The molecule has 1 aromatic rings. The third-order valence-corrected chi connectivity index (χ3v) is 3.37. The number of hydrogen-bond acceptors (Lipinski definition) is 4. The van der Waals surface area contributed by atoms with Gasteiger partial charge < -0.3 is 15.8 Å². The van der Waals surface area contributed by atoms with E-state index in [2.05, 4.69) is 21.2 Å². The van der Waals surface area contributed by atoms with Crippen LogP contribution in [0.15, 0.2) is 15.9 Å². The molecule has 1 atom stereocenters. The van der Waals surface area contributed by atoms with Crippen molar-refractivity contribution in [2.75, 3.05) is 13.7 Å². The van der Waals surface area contributed by atoms with E-state index in [-0.39, 0.29) is 24.9 Å². The molecular formula is C9H14BrClN2O2S. The Hall–Kier alpha value is -0.140. The Kier molecular flexibility index (Phi) is 7.96. The zero-order chi connectivity index (χ0) is 11.3. The summed E-state index contributed by atoms with van der Waals surface area (Å²) in [6.45, 7) is 0.743. The molecule has 0 radical (unpaired) electrons. The maximum absolute atomic E-state index is 11.4. The second-order valence-electron chi connectivity index (χ2n) is 2.99. The van der Waals surface area contributed by atoms with Gasteiger partial charge in [0.2, 0.25) is 5.91 Å². The molecule has 0 bridgehead atoms. The highest BCUT2D eigenvalue weighted by Gasteiger charge is 2.12. The second kappa shape index (κ2) is 8.03. The maximum Gasteiger partial charge on any atom is 0.239 e. The normalized spacial score (nSPS) is 11.7. The number of carbonyl (C=O) groups excluding carboxylic acids is 1. The third kappa shape index (κ3) is 5.27. The molecule has 0 spiro atoms. The van der Waals surface area contributed by atoms with E-state index >= 15 is 0 Å². The lowest BCUT2D eigenvalue weighted by Crippen LogP contribution is -2.43. The second-order valence-corrected chi connectivity index (χ2v) is 5.53. The fourth-order valence-electron chi connectivity index (χ4n) is 1.01. The third-order valence-electron chi connectivity index (χ3n) is 1.75. The first kappa shape index (κ1) is 15.9. The Morgan fingerprint density at radius 2 is 2.38 bits per heavy atom. The van der Waals surface area contributed by atoms with Gasteiger partial charge in [-0.2, -0.15) is 0 Å². The number of amides is 1. The van der Waals surface area contributed by atoms with E-state index in [4.69, 9.17) is 10.5 Å². The van der Waals surface area contributed by atoms with Gasteiger partial charge in [0, 0.05) is 12.0 Å². The van der Waals surface area contributed by atoms with Crippen molar-refractivity contribution in [2.45, 2.75) is 12.6 Å². The summed E-state index contributed by atoms with van der Waals surface area (Å²) in [7, 11) is 1.52. The van der Waals surface area contributed by atoms with Crippen molar-refractivity contribution in [1.82, 2.24) is 5.32 Å². The van der Waals surface area contributed by atoms with E-state index in [1.54, 1.807) is 11.3 Å². The van der Waals surface area contributed by atoms with Crippen LogP contribution in [-0.2, 0) is 16.1 Å². The van der Waals surface area contributed by atoms with Gasteiger partial charge in [-0.05, 0) is 28.1 Å². The summed E-state index contributed by atoms with van der Waals surface area (Å²) in [5.41, 5.74) is 5.55. The first-order valence-corrected chi connectivity index (χ1v) is 6.01. The molecule has 1 rings (SSSR count). The van der Waals surface area contributed by atoms with Crippen molar-refractivity contribution >= 4 is 45.6 Å². The van der Waals surface area contributed by atoms with Gasteiger partial charge in [0.25, 0.3) is 0 Å². The Morgan fingerprint density at radius 3 is 2.88 bits per heavy atom. The van der Waals surface area contributed by atoms with Crippen LogP contribution >= 0.6 is 39.7 Å². The highest BCUT2D eigenvalue weighted by molar-refractivity contribution is 9.11. The highest BCUT2D eigenvalue weighted by Crippen LogP contribution is 2.21. The fraction of sp³-hybridized carbons (Fsp3) is 0.444. The SMILES string of the molecule is COCC(N)C(=O)NCc1ccc(Br)s1.Cl. The maximum atomic E-state index is 11.4. The van der Waals surface area contributed by atoms with Gasteiger partial charge >= 0.3 is 0 Å². The van der Waals surface area contributed by atoms with Crippen molar-refractivity contribution in [2.24, 2.45) is 5.73 Å². The summed E-state index contributed by atoms with van der Waals surface area (Å²) >= 11 is 4.94. The minimum absolute atomic E-state index is 0. The van der Waals surface area contributed by atoms with Gasteiger partial charge in [0.05, 0.1) is 16.9 Å². The molecule has 0 aliphatic rings. The summed E-state index contributed by atoms with van der Waals surface area (Å²) in [6.07, 6.45) is 0. The van der Waals surface area contributed by atoms with E-state index in [0.29, 0.717) is 6.54 Å². The van der Waals surface area contributed by atoms with Crippen LogP contribution in [0.2, 0.25) is 0 Å². The van der Waals surface area contributed by atoms with Crippen molar-refractivity contribution in [1.29, 1.82) is 0 Å². The summed E-state index contributed by atoms with van der Waals surface area (Å²) in [4.78, 5) is 12.5. The number of thiophene rings is 1. The molecule has 0 aliphatic carbocycles. The Labute approximate surface area is 113 Å². The predicted molar refractivity (Wildman–Crippen MR) is 71.0 cm³/mol. The Morgan fingerprint density at radius 1 is 1.69 bits per heavy atom. The van der Waals surface area contributed by atoms with E-state index in [9.17, 15) is 4.79 Å². The zero-order valence-corrected chi connectivity index (χ0v) is 12.0. The van der Waals surface area contributed by atoms with Crippen LogP contribution in [0, 0.1) is 0 Å². The largest absolute Gasteiger partial charge is 0.383 e. The summed E-state index contributed by atoms with van der Waals surface area (Å²) in [5.74, 6) is -0.193. The van der Waals surface area contributed by atoms with Gasteiger partial charge in [0.1, 0.15) is 6.04 Å². The number of ether oxygens (including phenoxy) is 1. The number of carbonyl (C=O) groups is 1. The van der Waals surface area contributed by atoms with E-state index < -0.39 is 6.04 Å². The number of methoxy groups -OCH3 is 1. The average molecular weight is 330 g/mol. The molecule has 0 aromatic carbocycles. The van der Waals surface area contributed by atoms with E-state index in [1.807, 2.05) is 12.1 Å². The van der Waals surface area contributed by atoms with Crippen molar-refractivity contribution < 1.29 is 9.53 Å². The topological polar surface area (TPSA) is 64.3 Å². The number of nitrogens with one attached hydrogen (secondary N) is 1. The summed E-state index contributed by atoms with van der Waals surface area (Å²) < 4.78 is 5.84. The first-order valence-electron chi connectivity index (χ1n) is 4.40. The van der Waals surface area contributed by atoms with Gasteiger partial charge in [-0.1, -0.05) is 0 Å². The fourth-order valence-corrected chi connectivity index (χ4v) is 2.43. The Balaban J connectivity index is 0.00000225. The lowest BCUT2D eigenvalue weighted by molar-refractivity contribution is -0.123. The van der Waals surface area contributed by atoms with Crippen LogP contribution in [0.5, 0.6) is 0 Å². The predicted octanol–water partition coefficient (Wildman–Crippen LogP) is 1.52. The molecule has 0 aliphatic heterocycles. The average Bonchev–Trinajstić information content (AvgIpc) is 2.61. The van der Waals surface area contributed by atoms with Gasteiger partial charge in [0.15, 0.2) is 0 Å². The lowest BCUT2D eigenvalue weighted by Gasteiger charge is -2.10. The quantitative estimate of drug-likeness (QED) is 0.861. The molecule has 1 amide bonds. The van der Waals surface area contributed by atoms with Crippen LogP contribution in [-0.4, -0.2) is 25.7 Å². The molecule has 92 valence electrons. The summed E-state index contributed by atoms with van der Waals surface area (Å²) in [5, 5.41) is 2.74. The smallest absolute Gasteiger partial charge is 0.239 e. The molecule has 4 nitrogen and oxygen atoms in total. The van der Waals surface area contributed by atoms with Crippen LogP contribution in [0.3, 0.4) is 0 Å². The zero-order valence-electron chi connectivity index (χ0n) is 8.73. The van der Waals surface area contributed by atoms with Gasteiger partial charge in [-0.25, -0.2) is 0 Å². The molecule has 1 aromatic heterocycles. The molecule has 1 unspecified atom stereocenters.